The fourth-order valence-corrected chi connectivity index (χ4v) is 3.99. The highest BCUT2D eigenvalue weighted by Crippen LogP contribution is 2.32. The molecule has 2 aromatic rings. The normalized spacial score (nSPS) is 16.1. The molecule has 0 saturated carbocycles. The molecule has 1 aromatic carbocycles. The van der Waals surface area contributed by atoms with Crippen LogP contribution in [0.5, 0.6) is 0 Å². The van der Waals surface area contributed by atoms with Crippen molar-refractivity contribution in [3.8, 4) is 0 Å². The molecule has 1 atom stereocenters. The summed E-state index contributed by atoms with van der Waals surface area (Å²) >= 11 is 0. The number of hydrogen-bond donors (Lipinski definition) is 0. The standard InChI is InChI=1S/C27H37N3O4/c1-5-6-17-30(26(32)34-27(2,3)4)24-16-15-22(19-28-24)23-14-10-11-18-29(23)25(31)33-20-21-12-8-7-9-13-21/h7-9,12-13,15-16,19,23H,5-6,10-11,14,17-18,20H2,1-4H3. The summed E-state index contributed by atoms with van der Waals surface area (Å²) in [5.41, 5.74) is 1.33. The molecule has 34 heavy (non-hydrogen) atoms. The Kier molecular flexibility index (Phi) is 8.91. The van der Waals surface area contributed by atoms with E-state index in [1.54, 1.807) is 16.0 Å². The number of ether oxygens (including phenoxy) is 2. The van der Waals surface area contributed by atoms with Gasteiger partial charge in [-0.3, -0.25) is 4.90 Å². The average Bonchev–Trinajstić information content (AvgIpc) is 2.83. The maximum atomic E-state index is 12.9. The summed E-state index contributed by atoms with van der Waals surface area (Å²) < 4.78 is 11.2. The van der Waals surface area contributed by atoms with Gasteiger partial charge in [-0.15, -0.1) is 0 Å². The van der Waals surface area contributed by atoms with Crippen LogP contribution in [0.25, 0.3) is 0 Å². The van der Waals surface area contributed by atoms with E-state index in [1.807, 2.05) is 63.2 Å². The van der Waals surface area contributed by atoms with Crippen LogP contribution >= 0.6 is 0 Å². The van der Waals surface area contributed by atoms with Gasteiger partial charge in [-0.2, -0.15) is 0 Å². The Balaban J connectivity index is 1.72. The molecule has 7 nitrogen and oxygen atoms in total. The van der Waals surface area contributed by atoms with E-state index in [0.717, 1.165) is 43.2 Å². The highest BCUT2D eigenvalue weighted by Gasteiger charge is 2.30. The third-order valence-corrected chi connectivity index (χ3v) is 5.72. The van der Waals surface area contributed by atoms with Crippen molar-refractivity contribution >= 4 is 18.0 Å². The number of rotatable bonds is 7. The Bertz CT molecular complexity index is 925. The van der Waals surface area contributed by atoms with Crippen molar-refractivity contribution < 1.29 is 19.1 Å². The van der Waals surface area contributed by atoms with E-state index in [-0.39, 0.29) is 18.7 Å². The minimum Gasteiger partial charge on any atom is -0.445 e. The summed E-state index contributed by atoms with van der Waals surface area (Å²) in [7, 11) is 0. The fourth-order valence-electron chi connectivity index (χ4n) is 3.99. The molecule has 1 fully saturated rings. The van der Waals surface area contributed by atoms with Gasteiger partial charge >= 0.3 is 12.2 Å². The van der Waals surface area contributed by atoms with Gasteiger partial charge in [0.2, 0.25) is 0 Å². The number of carbonyl (C=O) groups is 2. The van der Waals surface area contributed by atoms with Crippen molar-refractivity contribution in [1.82, 2.24) is 9.88 Å². The number of piperidine rings is 1. The van der Waals surface area contributed by atoms with Gasteiger partial charge in [0.25, 0.3) is 0 Å². The molecule has 1 saturated heterocycles. The molecule has 1 aliphatic heterocycles. The minimum absolute atomic E-state index is 0.0933. The Morgan fingerprint density at radius 2 is 1.88 bits per heavy atom. The van der Waals surface area contributed by atoms with Gasteiger partial charge in [-0.1, -0.05) is 49.7 Å². The zero-order valence-corrected chi connectivity index (χ0v) is 20.8. The lowest BCUT2D eigenvalue weighted by atomic mass is 9.97. The Hall–Kier alpha value is -3.09. The van der Waals surface area contributed by atoms with Crippen LogP contribution in [0.1, 0.15) is 77.0 Å². The molecule has 1 aromatic heterocycles. The van der Waals surface area contributed by atoms with Crippen molar-refractivity contribution in [2.45, 2.75) is 78.0 Å². The van der Waals surface area contributed by atoms with Crippen LogP contribution in [-0.2, 0) is 16.1 Å². The number of anilines is 1. The van der Waals surface area contributed by atoms with Crippen molar-refractivity contribution in [3.63, 3.8) is 0 Å². The van der Waals surface area contributed by atoms with Gasteiger partial charge in [-0.05, 0) is 63.6 Å². The van der Waals surface area contributed by atoms with Crippen molar-refractivity contribution in [2.75, 3.05) is 18.0 Å². The molecular weight excluding hydrogens is 430 g/mol. The largest absolute Gasteiger partial charge is 0.445 e. The monoisotopic (exact) mass is 467 g/mol. The summed E-state index contributed by atoms with van der Waals surface area (Å²) in [4.78, 5) is 33.6. The summed E-state index contributed by atoms with van der Waals surface area (Å²) in [6.07, 6.45) is 5.72. The first-order chi connectivity index (χ1) is 16.3. The Labute approximate surface area is 203 Å². The van der Waals surface area contributed by atoms with Crippen molar-refractivity contribution in [2.24, 2.45) is 0 Å². The molecule has 0 spiro atoms. The second kappa shape index (κ2) is 11.9. The third-order valence-electron chi connectivity index (χ3n) is 5.72. The maximum Gasteiger partial charge on any atom is 0.416 e. The van der Waals surface area contributed by atoms with E-state index in [9.17, 15) is 9.59 Å². The summed E-state index contributed by atoms with van der Waals surface area (Å²) in [5.74, 6) is 0.556. The first-order valence-corrected chi connectivity index (χ1v) is 12.2. The van der Waals surface area contributed by atoms with E-state index in [2.05, 4.69) is 11.9 Å². The highest BCUT2D eigenvalue weighted by atomic mass is 16.6. The van der Waals surface area contributed by atoms with Gasteiger partial charge in [0.15, 0.2) is 0 Å². The quantitative estimate of drug-likeness (QED) is 0.465. The molecule has 184 valence electrons. The van der Waals surface area contributed by atoms with Crippen LogP contribution in [0.4, 0.5) is 15.4 Å². The molecule has 7 heteroatoms. The summed E-state index contributed by atoms with van der Waals surface area (Å²) in [5, 5.41) is 0. The predicted molar refractivity (Wildman–Crippen MR) is 133 cm³/mol. The summed E-state index contributed by atoms with van der Waals surface area (Å²) in [6, 6.07) is 13.4. The highest BCUT2D eigenvalue weighted by molar-refractivity contribution is 5.86. The number of hydrogen-bond acceptors (Lipinski definition) is 5. The number of nitrogens with zero attached hydrogens (tertiary/aromatic N) is 3. The SMILES string of the molecule is CCCCN(C(=O)OC(C)(C)C)c1ccc(C2CCCCN2C(=O)OCc2ccccc2)cn1. The Morgan fingerprint density at radius 3 is 2.53 bits per heavy atom. The third kappa shape index (κ3) is 7.20. The lowest BCUT2D eigenvalue weighted by molar-refractivity contribution is 0.0578. The second-order valence-electron chi connectivity index (χ2n) is 9.68. The van der Waals surface area contributed by atoms with Crippen LogP contribution in [0, 0.1) is 0 Å². The number of aromatic nitrogens is 1. The molecule has 2 heterocycles. The predicted octanol–water partition coefficient (Wildman–Crippen LogP) is 6.49. The topological polar surface area (TPSA) is 72.0 Å². The van der Waals surface area contributed by atoms with Crippen LogP contribution in [0.2, 0.25) is 0 Å². The van der Waals surface area contributed by atoms with Gasteiger partial charge in [0.05, 0.1) is 6.04 Å². The van der Waals surface area contributed by atoms with E-state index >= 15 is 0 Å². The van der Waals surface area contributed by atoms with Crippen LogP contribution < -0.4 is 4.90 Å². The van der Waals surface area contributed by atoms with Crippen LogP contribution in [-0.4, -0.2) is 40.8 Å². The molecule has 0 bridgehead atoms. The van der Waals surface area contributed by atoms with Gasteiger partial charge in [0.1, 0.15) is 18.0 Å². The first kappa shape index (κ1) is 25.5. The first-order valence-electron chi connectivity index (χ1n) is 12.2. The summed E-state index contributed by atoms with van der Waals surface area (Å²) in [6.45, 7) is 9.09. The molecule has 0 aliphatic carbocycles. The van der Waals surface area contributed by atoms with E-state index < -0.39 is 11.7 Å². The smallest absolute Gasteiger partial charge is 0.416 e. The van der Waals surface area contributed by atoms with Gasteiger partial charge in [-0.25, -0.2) is 14.6 Å². The van der Waals surface area contributed by atoms with Gasteiger partial charge < -0.3 is 14.4 Å². The van der Waals surface area contributed by atoms with E-state index in [0.29, 0.717) is 18.9 Å². The molecule has 1 aliphatic rings. The van der Waals surface area contributed by atoms with E-state index in [1.165, 1.54) is 0 Å². The maximum absolute atomic E-state index is 12.9. The van der Waals surface area contributed by atoms with E-state index in [4.69, 9.17) is 9.47 Å². The zero-order valence-electron chi connectivity index (χ0n) is 20.8. The zero-order chi connectivity index (χ0) is 24.6. The van der Waals surface area contributed by atoms with Crippen LogP contribution in [0.3, 0.4) is 0 Å². The number of unbranched alkanes of at least 4 members (excludes halogenated alkanes) is 1. The molecule has 0 N–H and O–H groups in total. The molecule has 2 amide bonds. The fraction of sp³-hybridized carbons (Fsp3) is 0.519. The number of benzene rings is 1. The lowest BCUT2D eigenvalue weighted by Gasteiger charge is -2.35. The molecular formula is C27H37N3O4. The molecule has 3 rings (SSSR count). The average molecular weight is 468 g/mol. The Morgan fingerprint density at radius 1 is 1.12 bits per heavy atom. The number of carbonyl (C=O) groups excluding carboxylic acids is 2. The van der Waals surface area contributed by atoms with Crippen LogP contribution in [0.15, 0.2) is 48.7 Å². The second-order valence-corrected chi connectivity index (χ2v) is 9.68. The number of amides is 2. The van der Waals surface area contributed by atoms with Crippen molar-refractivity contribution in [1.29, 1.82) is 0 Å². The molecule has 0 radical (unpaired) electrons. The molecule has 1 unspecified atom stereocenters. The number of likely N-dealkylation sites (tertiary alicyclic amines) is 1. The lowest BCUT2D eigenvalue weighted by Crippen LogP contribution is -2.39. The van der Waals surface area contributed by atoms with Crippen molar-refractivity contribution in [3.05, 3.63) is 59.8 Å². The minimum atomic E-state index is -0.579. The van der Waals surface area contributed by atoms with Gasteiger partial charge in [0, 0.05) is 19.3 Å². The number of pyridine rings is 1.